The minimum atomic E-state index is -1.43. The van der Waals surface area contributed by atoms with Gasteiger partial charge in [0.2, 0.25) is 0 Å². The van der Waals surface area contributed by atoms with Crippen molar-refractivity contribution in [3.05, 3.63) is 0 Å². The van der Waals surface area contributed by atoms with Crippen LogP contribution in [0.15, 0.2) is 0 Å². The van der Waals surface area contributed by atoms with Gasteiger partial charge in [-0.15, -0.1) is 0 Å². The van der Waals surface area contributed by atoms with Crippen molar-refractivity contribution in [2.24, 2.45) is 5.41 Å². The van der Waals surface area contributed by atoms with E-state index in [0.29, 0.717) is 12.8 Å². The first kappa shape index (κ1) is 20.7. The number of nitrogens with one attached hydrogen (secondary N) is 2. The van der Waals surface area contributed by atoms with Gasteiger partial charge < -0.3 is 0 Å². The molecule has 0 heterocycles. The van der Waals surface area contributed by atoms with Crippen LogP contribution in [-0.4, -0.2) is 21.7 Å². The molecule has 5 heteroatoms. The van der Waals surface area contributed by atoms with Crippen LogP contribution in [0.5, 0.6) is 0 Å². The summed E-state index contributed by atoms with van der Waals surface area (Å²) in [5.74, 6) is 0.329. The molecule has 2 amide bonds. The molecule has 0 bridgehead atoms. The molecule has 1 aliphatic carbocycles. The zero-order chi connectivity index (χ0) is 17.7. The van der Waals surface area contributed by atoms with Crippen molar-refractivity contribution in [3.8, 4) is 0 Å². The van der Waals surface area contributed by atoms with E-state index in [0.717, 1.165) is 32.1 Å². The average molecular weight is 359 g/mol. The van der Waals surface area contributed by atoms with Crippen molar-refractivity contribution in [1.29, 1.82) is 0 Å². The monoisotopic (exact) mass is 359 g/mol. The van der Waals surface area contributed by atoms with Gasteiger partial charge in [-0.1, -0.05) is 0 Å². The van der Waals surface area contributed by atoms with Crippen molar-refractivity contribution in [2.75, 3.05) is 0 Å². The summed E-state index contributed by atoms with van der Waals surface area (Å²) in [5, 5.41) is 11.3. The molecule has 23 heavy (non-hydrogen) atoms. The van der Waals surface area contributed by atoms with Gasteiger partial charge in [0.25, 0.3) is 0 Å². The Balaban J connectivity index is 2.94. The summed E-state index contributed by atoms with van der Waals surface area (Å²) in [5.41, 5.74) is 0.145. The molecule has 0 spiro atoms. The van der Waals surface area contributed by atoms with E-state index in [-0.39, 0.29) is 27.1 Å². The number of amides is 2. The molecule has 0 radical (unpaired) electrons. The van der Waals surface area contributed by atoms with Crippen LogP contribution < -0.4 is 10.6 Å². The minimum absolute atomic E-state index is 0.0574. The molecular formula is C18H35N2O2Ti. The fourth-order valence-corrected chi connectivity index (χ4v) is 6.84. The zero-order valence-corrected chi connectivity index (χ0v) is 17.4. The molecule has 0 aromatic carbocycles. The van der Waals surface area contributed by atoms with E-state index in [9.17, 15) is 9.59 Å². The number of rotatable bonds is 7. The van der Waals surface area contributed by atoms with Crippen LogP contribution in [0.3, 0.4) is 0 Å². The van der Waals surface area contributed by atoms with Gasteiger partial charge in [-0.05, 0) is 0 Å². The van der Waals surface area contributed by atoms with E-state index < -0.39 is 17.9 Å². The Kier molecular flexibility index (Phi) is 7.80. The van der Waals surface area contributed by atoms with E-state index in [1.54, 1.807) is 0 Å². The van der Waals surface area contributed by atoms with Crippen LogP contribution >= 0.6 is 0 Å². The molecule has 0 aromatic rings. The van der Waals surface area contributed by atoms with Gasteiger partial charge in [0.05, 0.1) is 0 Å². The van der Waals surface area contributed by atoms with Gasteiger partial charge in [-0.3, -0.25) is 0 Å². The number of hydrogen-bond donors (Lipinski definition) is 2. The Labute approximate surface area is 148 Å². The van der Waals surface area contributed by atoms with Crippen molar-refractivity contribution >= 4 is 11.8 Å². The molecule has 2 unspecified atom stereocenters. The second-order valence-electron chi connectivity index (χ2n) is 8.14. The topological polar surface area (TPSA) is 58.2 Å². The zero-order valence-electron chi connectivity index (χ0n) is 15.8. The molecular weight excluding hydrogens is 324 g/mol. The van der Waals surface area contributed by atoms with Gasteiger partial charge in [-0.2, -0.15) is 0 Å². The quantitative estimate of drug-likeness (QED) is 0.679. The van der Waals surface area contributed by atoms with Crippen LogP contribution in [0.2, 0.25) is 10.5 Å². The first-order valence-corrected chi connectivity index (χ1v) is 13.0. The summed E-state index contributed by atoms with van der Waals surface area (Å²) in [6, 6.07) is 0.183. The van der Waals surface area contributed by atoms with Crippen LogP contribution in [0.1, 0.15) is 72.6 Å². The number of carbonyl (C=O) groups excluding carboxylic acids is 2. The molecule has 4 nitrogen and oxygen atoms in total. The van der Waals surface area contributed by atoms with Crippen LogP contribution in [0.25, 0.3) is 0 Å². The average Bonchev–Trinajstić information content (AvgIpc) is 2.36. The van der Waals surface area contributed by atoms with E-state index in [2.05, 4.69) is 34.9 Å². The third kappa shape index (κ3) is 6.23. The maximum absolute atomic E-state index is 12.3. The Bertz CT molecular complexity index is 423. The molecule has 1 aliphatic rings. The fourth-order valence-electron chi connectivity index (χ4n) is 3.91. The molecule has 1 fully saturated rings. The van der Waals surface area contributed by atoms with Crippen molar-refractivity contribution in [3.63, 3.8) is 0 Å². The summed E-state index contributed by atoms with van der Waals surface area (Å²) in [6.45, 7) is 8.61. The Morgan fingerprint density at radius 3 is 2.13 bits per heavy atom. The summed E-state index contributed by atoms with van der Waals surface area (Å²) in [7, 11) is 0. The molecule has 0 saturated heterocycles. The predicted molar refractivity (Wildman–Crippen MR) is 92.0 cm³/mol. The van der Waals surface area contributed by atoms with Gasteiger partial charge in [0, 0.05) is 0 Å². The van der Waals surface area contributed by atoms with Gasteiger partial charge in [0.1, 0.15) is 0 Å². The molecule has 2 atom stereocenters. The van der Waals surface area contributed by atoms with Crippen LogP contribution in [0.4, 0.5) is 0 Å². The Morgan fingerprint density at radius 1 is 1.04 bits per heavy atom. The molecule has 0 aliphatic heterocycles. The van der Waals surface area contributed by atoms with Crippen molar-refractivity contribution in [1.82, 2.24) is 10.6 Å². The van der Waals surface area contributed by atoms with Crippen LogP contribution in [-0.2, 0) is 27.5 Å². The summed E-state index contributed by atoms with van der Waals surface area (Å²) >= 11 is -1.43. The van der Waals surface area contributed by atoms with Crippen LogP contribution in [0, 0.1) is 5.41 Å². The predicted octanol–water partition coefficient (Wildman–Crippen LogP) is 3.81. The van der Waals surface area contributed by atoms with Gasteiger partial charge in [-0.25, -0.2) is 0 Å². The van der Waals surface area contributed by atoms with E-state index in [1.165, 1.54) is 0 Å². The van der Waals surface area contributed by atoms with Gasteiger partial charge in [0.15, 0.2) is 0 Å². The normalized spacial score (nSPS) is 26.4. The summed E-state index contributed by atoms with van der Waals surface area (Å²) in [4.78, 5) is 24.3. The standard InChI is InChI=1S/C16H29N2O2.2CH3.Ti/c1-5-7-14(19)17-12-9-13(11-16(3,4)10-12)18-15(20)8-6-2;;;/h12H,5-11H2,1-4H3,(H,17,19)(H,18,20);2*1H3;. The van der Waals surface area contributed by atoms with E-state index in [1.807, 2.05) is 13.8 Å². The Hall–Kier alpha value is -0.346. The van der Waals surface area contributed by atoms with Crippen molar-refractivity contribution < 1.29 is 27.5 Å². The van der Waals surface area contributed by atoms with Gasteiger partial charge >= 0.3 is 148 Å². The van der Waals surface area contributed by atoms with E-state index in [4.69, 9.17) is 0 Å². The third-order valence-electron chi connectivity index (χ3n) is 4.83. The number of hydrogen-bond acceptors (Lipinski definition) is 2. The first-order chi connectivity index (χ1) is 10.6. The van der Waals surface area contributed by atoms with E-state index >= 15 is 0 Å². The third-order valence-corrected chi connectivity index (χ3v) is 8.61. The molecule has 2 N–H and O–H groups in total. The fraction of sp³-hybridized carbons (Fsp3) is 0.889. The molecule has 1 saturated carbocycles. The number of carbonyl (C=O) groups is 2. The molecule has 1 rings (SSSR count). The summed E-state index contributed by atoms with van der Waals surface area (Å²) in [6.07, 6.45) is 5.89. The molecule has 133 valence electrons. The second-order valence-corrected chi connectivity index (χ2v) is 12.8. The first-order valence-electron chi connectivity index (χ1n) is 9.05. The molecule has 0 aromatic heterocycles. The SMILES string of the molecule is CCCC(=O)NC1CC(C)(C)C[C](NC(=O)CCC)([Ti]([CH3])[CH3])C1. The maximum atomic E-state index is 12.3. The van der Waals surface area contributed by atoms with Crippen molar-refractivity contribution in [2.45, 2.75) is 93.0 Å². The second kappa shape index (κ2) is 8.66. The summed E-state index contributed by atoms with van der Waals surface area (Å²) < 4.78 is -0.0574. The Morgan fingerprint density at radius 2 is 1.61 bits per heavy atom.